The molecule has 13 heteroatoms. The van der Waals surface area contributed by atoms with E-state index >= 15 is 0 Å². The molecule has 0 radical (unpaired) electrons. The molecule has 1 saturated heterocycles. The number of fused-ring (bicyclic) bond motifs is 1. The molecule has 2 heterocycles. The van der Waals surface area contributed by atoms with Crippen LogP contribution in [-0.2, 0) is 4.74 Å². The minimum absolute atomic E-state index is 0.0171. The normalized spacial score (nSPS) is 24.4. The third kappa shape index (κ3) is 4.05. The van der Waals surface area contributed by atoms with Crippen LogP contribution in [-0.4, -0.2) is 85.3 Å². The number of phenols is 3. The van der Waals surface area contributed by atoms with Crippen molar-refractivity contribution in [3.8, 4) is 45.8 Å². The van der Waals surface area contributed by atoms with Crippen molar-refractivity contribution < 1.29 is 59.5 Å². The van der Waals surface area contributed by atoms with Crippen LogP contribution in [0.25, 0.3) is 22.3 Å². The van der Waals surface area contributed by atoms with Crippen molar-refractivity contribution in [1.82, 2.24) is 0 Å². The summed E-state index contributed by atoms with van der Waals surface area (Å²) in [6.45, 7) is -0.706. The Morgan fingerprint density at radius 1 is 0.943 bits per heavy atom. The molecule has 4 rings (SSSR count). The van der Waals surface area contributed by atoms with E-state index in [4.69, 9.17) is 18.6 Å². The molecule has 3 aromatic rings. The van der Waals surface area contributed by atoms with Gasteiger partial charge >= 0.3 is 0 Å². The van der Waals surface area contributed by atoms with Crippen LogP contribution in [0.2, 0.25) is 0 Å². The first-order valence-electron chi connectivity index (χ1n) is 10.2. The number of aliphatic hydroxyl groups is 4. The van der Waals surface area contributed by atoms with Crippen LogP contribution in [0, 0.1) is 0 Å². The monoisotopic (exact) mass is 494 g/mol. The van der Waals surface area contributed by atoms with Crippen LogP contribution in [0.5, 0.6) is 34.5 Å². The largest absolute Gasteiger partial charge is 0.504 e. The zero-order valence-corrected chi connectivity index (χ0v) is 18.0. The minimum atomic E-state index is -1.78. The molecule has 8 N–H and O–H groups in total. The van der Waals surface area contributed by atoms with Crippen LogP contribution in [0.4, 0.5) is 0 Å². The highest BCUT2D eigenvalue weighted by atomic mass is 16.7. The predicted octanol–water partition coefficient (Wildman–Crippen LogP) is -0.530. The number of aromatic hydroxyl groups is 4. The minimum Gasteiger partial charge on any atom is -0.504 e. The fourth-order valence-electron chi connectivity index (χ4n) is 3.72. The number of rotatable bonds is 5. The van der Waals surface area contributed by atoms with Gasteiger partial charge in [-0.2, -0.15) is 0 Å². The zero-order valence-electron chi connectivity index (χ0n) is 18.0. The zero-order chi connectivity index (χ0) is 25.6. The van der Waals surface area contributed by atoms with Gasteiger partial charge in [0.05, 0.1) is 13.7 Å². The smallest absolute Gasteiger partial charge is 0.238 e. The molecule has 1 aliphatic rings. The Labute approximate surface area is 195 Å². The highest BCUT2D eigenvalue weighted by Crippen LogP contribution is 2.45. The summed E-state index contributed by atoms with van der Waals surface area (Å²) in [5.74, 6) is -3.81. The second-order valence-corrected chi connectivity index (χ2v) is 7.76. The molecule has 2 unspecified atom stereocenters. The van der Waals surface area contributed by atoms with E-state index in [1.54, 1.807) is 0 Å². The van der Waals surface area contributed by atoms with Gasteiger partial charge in [-0.1, -0.05) is 0 Å². The lowest BCUT2D eigenvalue weighted by molar-refractivity contribution is -0.277. The van der Waals surface area contributed by atoms with Crippen molar-refractivity contribution in [2.75, 3.05) is 13.7 Å². The molecule has 0 amide bonds. The van der Waals surface area contributed by atoms with E-state index in [0.29, 0.717) is 0 Å². The molecular weight excluding hydrogens is 472 g/mol. The van der Waals surface area contributed by atoms with Crippen molar-refractivity contribution in [1.29, 1.82) is 0 Å². The highest BCUT2D eigenvalue weighted by molar-refractivity contribution is 5.91. The standard InChI is InChI=1S/C22H22O13/c1-32-21-11(34-22-19(31)17(29)14(26)12(6-23)35-22)5-10-13(16(21)28)15(27)18(30)20(33-10)7-2-3-8(24)9(25)4-7/h2-5,12,14,17,19,22-26,28-31H,6H2,1H3/t12?,14-,17-,19?,22+/m0/s1. The molecule has 1 aromatic heterocycles. The summed E-state index contributed by atoms with van der Waals surface area (Å²) in [7, 11) is 1.14. The van der Waals surface area contributed by atoms with Crippen LogP contribution < -0.4 is 14.9 Å². The first-order valence-corrected chi connectivity index (χ1v) is 10.2. The van der Waals surface area contributed by atoms with Gasteiger partial charge in [-0.3, -0.25) is 4.79 Å². The van der Waals surface area contributed by atoms with Crippen molar-refractivity contribution in [3.63, 3.8) is 0 Å². The Bertz CT molecular complexity index is 1320. The van der Waals surface area contributed by atoms with Gasteiger partial charge in [0.25, 0.3) is 0 Å². The topological polar surface area (TPSA) is 220 Å². The number of methoxy groups -OCH3 is 1. The molecule has 1 aliphatic heterocycles. The van der Waals surface area contributed by atoms with E-state index in [1.165, 1.54) is 6.07 Å². The van der Waals surface area contributed by atoms with Crippen molar-refractivity contribution >= 4 is 11.0 Å². The quantitative estimate of drug-likeness (QED) is 0.209. The average Bonchev–Trinajstić information content (AvgIpc) is 2.83. The van der Waals surface area contributed by atoms with Gasteiger partial charge < -0.3 is 59.5 Å². The summed E-state index contributed by atoms with van der Waals surface area (Å²) in [5, 5.41) is 79.4. The number of hydrogen-bond acceptors (Lipinski definition) is 13. The van der Waals surface area contributed by atoms with Crippen molar-refractivity contribution in [2.45, 2.75) is 30.7 Å². The maximum atomic E-state index is 12.8. The SMILES string of the molecule is COc1c(O[C@@H]2OC(CO)[C@H](O)[C@H](O)C2O)cc2oc(-c3ccc(O)c(O)c3)c(O)c(=O)c2c1O. The Hall–Kier alpha value is -3.75. The molecule has 35 heavy (non-hydrogen) atoms. The Morgan fingerprint density at radius 2 is 1.66 bits per heavy atom. The summed E-state index contributed by atoms with van der Waals surface area (Å²) in [4.78, 5) is 12.8. The van der Waals surface area contributed by atoms with E-state index in [-0.39, 0.29) is 16.9 Å². The lowest BCUT2D eigenvalue weighted by atomic mass is 9.99. The van der Waals surface area contributed by atoms with Gasteiger partial charge in [-0.25, -0.2) is 0 Å². The summed E-state index contributed by atoms with van der Waals surface area (Å²) in [6, 6.07) is 4.48. The molecule has 1 fully saturated rings. The lowest BCUT2D eigenvalue weighted by Crippen LogP contribution is -2.60. The summed E-state index contributed by atoms with van der Waals surface area (Å²) >= 11 is 0. The second-order valence-electron chi connectivity index (χ2n) is 7.76. The molecule has 0 bridgehead atoms. The van der Waals surface area contributed by atoms with E-state index in [2.05, 4.69) is 0 Å². The van der Waals surface area contributed by atoms with E-state index in [9.17, 15) is 45.6 Å². The summed E-state index contributed by atoms with van der Waals surface area (Å²) < 4.78 is 21.5. The third-order valence-corrected chi connectivity index (χ3v) is 5.59. The maximum absolute atomic E-state index is 12.8. The second kappa shape index (κ2) is 9.13. The fourth-order valence-corrected chi connectivity index (χ4v) is 3.72. The van der Waals surface area contributed by atoms with E-state index in [0.717, 1.165) is 25.3 Å². The molecule has 2 aromatic carbocycles. The van der Waals surface area contributed by atoms with E-state index in [1.807, 2.05) is 0 Å². The van der Waals surface area contributed by atoms with Crippen LogP contribution in [0.3, 0.4) is 0 Å². The molecule has 0 spiro atoms. The Balaban J connectivity index is 1.85. The van der Waals surface area contributed by atoms with Crippen molar-refractivity contribution in [2.24, 2.45) is 0 Å². The molecule has 5 atom stereocenters. The van der Waals surface area contributed by atoms with Gasteiger partial charge in [0, 0.05) is 11.6 Å². The van der Waals surface area contributed by atoms with Gasteiger partial charge in [-0.05, 0) is 18.2 Å². The predicted molar refractivity (Wildman–Crippen MR) is 116 cm³/mol. The van der Waals surface area contributed by atoms with Gasteiger partial charge in [0.2, 0.25) is 23.2 Å². The van der Waals surface area contributed by atoms with Gasteiger partial charge in [0.1, 0.15) is 35.4 Å². The lowest BCUT2D eigenvalue weighted by Gasteiger charge is -2.39. The maximum Gasteiger partial charge on any atom is 0.238 e. The van der Waals surface area contributed by atoms with Crippen LogP contribution >= 0.6 is 0 Å². The number of aliphatic hydroxyl groups excluding tert-OH is 4. The molecule has 0 saturated carbocycles. The molecule has 13 nitrogen and oxygen atoms in total. The molecular formula is C22H22O13. The van der Waals surface area contributed by atoms with E-state index < -0.39 is 82.6 Å². The fraction of sp³-hybridized carbons (Fsp3) is 0.318. The Morgan fingerprint density at radius 3 is 2.29 bits per heavy atom. The number of hydrogen-bond donors (Lipinski definition) is 8. The van der Waals surface area contributed by atoms with Crippen molar-refractivity contribution in [3.05, 3.63) is 34.5 Å². The first kappa shape index (κ1) is 24.4. The van der Waals surface area contributed by atoms with Crippen LogP contribution in [0.1, 0.15) is 0 Å². The van der Waals surface area contributed by atoms with Gasteiger partial charge in [-0.15, -0.1) is 0 Å². The molecule has 0 aliphatic carbocycles. The molecule has 188 valence electrons. The highest BCUT2D eigenvalue weighted by Gasteiger charge is 2.45. The first-order chi connectivity index (χ1) is 16.6. The number of phenolic OH excluding ortho intramolecular Hbond substituents is 3. The third-order valence-electron chi connectivity index (χ3n) is 5.59. The van der Waals surface area contributed by atoms with Crippen LogP contribution in [0.15, 0.2) is 33.5 Å². The van der Waals surface area contributed by atoms with Gasteiger partial charge in [0.15, 0.2) is 28.8 Å². The Kier molecular flexibility index (Phi) is 6.36. The average molecular weight is 494 g/mol. The number of benzene rings is 2. The number of ether oxygens (including phenoxy) is 3. The summed E-state index contributed by atoms with van der Waals surface area (Å²) in [5.41, 5.74) is -1.35. The summed E-state index contributed by atoms with van der Waals surface area (Å²) in [6.07, 6.45) is -8.07.